The summed E-state index contributed by atoms with van der Waals surface area (Å²) in [4.78, 5) is 27.0. The molecule has 27 heavy (non-hydrogen) atoms. The molecule has 0 saturated carbocycles. The molecule has 0 aliphatic carbocycles. The number of nitrogens with zero attached hydrogens (tertiary/aromatic N) is 1. The lowest BCUT2D eigenvalue weighted by atomic mass is 9.96. The maximum atomic E-state index is 13.1. The highest BCUT2D eigenvalue weighted by Crippen LogP contribution is 2.26. The standard InChI is InChI=1S/C21H23FN2O3/c1-2-27-19-8-4-3-7-18(19)23-20(25)16-6-5-13-24(14-16)21(26)15-9-11-17(22)12-10-15/h3-4,7-12,16H,2,5-6,13-14H2,1H3,(H,23,25)/t16-/m1/s1. The van der Waals surface area contributed by atoms with Gasteiger partial charge in [0, 0.05) is 18.7 Å². The predicted octanol–water partition coefficient (Wildman–Crippen LogP) is 3.72. The van der Waals surface area contributed by atoms with Crippen molar-refractivity contribution >= 4 is 17.5 Å². The molecule has 5 nitrogen and oxygen atoms in total. The van der Waals surface area contributed by atoms with Gasteiger partial charge < -0.3 is 15.0 Å². The Balaban J connectivity index is 1.66. The Morgan fingerprint density at radius 3 is 2.67 bits per heavy atom. The van der Waals surface area contributed by atoms with E-state index >= 15 is 0 Å². The van der Waals surface area contributed by atoms with Gasteiger partial charge in [-0.3, -0.25) is 9.59 Å². The lowest BCUT2D eigenvalue weighted by Crippen LogP contribution is -2.43. The molecule has 2 aromatic rings. The molecule has 6 heteroatoms. The minimum absolute atomic E-state index is 0.126. The predicted molar refractivity (Wildman–Crippen MR) is 101 cm³/mol. The SMILES string of the molecule is CCOc1ccccc1NC(=O)[C@@H]1CCCN(C(=O)c2ccc(F)cc2)C1. The van der Waals surface area contributed by atoms with Crippen LogP contribution >= 0.6 is 0 Å². The van der Waals surface area contributed by atoms with Gasteiger partial charge in [0.1, 0.15) is 11.6 Å². The van der Waals surface area contributed by atoms with Crippen molar-refractivity contribution in [2.45, 2.75) is 19.8 Å². The number of hydrogen-bond donors (Lipinski definition) is 1. The summed E-state index contributed by atoms with van der Waals surface area (Å²) in [7, 11) is 0. The molecular weight excluding hydrogens is 347 g/mol. The average molecular weight is 370 g/mol. The summed E-state index contributed by atoms with van der Waals surface area (Å²) in [6.45, 7) is 3.34. The first kappa shape index (κ1) is 18.9. The first-order valence-corrected chi connectivity index (χ1v) is 9.16. The third-order valence-corrected chi connectivity index (χ3v) is 4.62. The zero-order valence-corrected chi connectivity index (χ0v) is 15.3. The van der Waals surface area contributed by atoms with Gasteiger partial charge >= 0.3 is 0 Å². The highest BCUT2D eigenvalue weighted by molar-refractivity contribution is 5.96. The molecular formula is C21H23FN2O3. The van der Waals surface area contributed by atoms with Crippen molar-refractivity contribution < 1.29 is 18.7 Å². The largest absolute Gasteiger partial charge is 0.492 e. The summed E-state index contributed by atoms with van der Waals surface area (Å²) in [6, 6.07) is 12.8. The summed E-state index contributed by atoms with van der Waals surface area (Å²) in [6.07, 6.45) is 1.47. The molecule has 1 fully saturated rings. The van der Waals surface area contributed by atoms with Gasteiger partial charge in [0.05, 0.1) is 18.2 Å². The van der Waals surface area contributed by atoms with Gasteiger partial charge in [-0.1, -0.05) is 12.1 Å². The molecule has 1 atom stereocenters. The molecule has 0 spiro atoms. The molecule has 1 aliphatic heterocycles. The number of halogens is 1. The van der Waals surface area contributed by atoms with Crippen molar-refractivity contribution in [1.29, 1.82) is 0 Å². The number of benzene rings is 2. The molecule has 1 saturated heterocycles. The van der Waals surface area contributed by atoms with E-state index in [4.69, 9.17) is 4.74 Å². The number of anilines is 1. The van der Waals surface area contributed by atoms with Crippen molar-refractivity contribution in [3.63, 3.8) is 0 Å². The van der Waals surface area contributed by atoms with E-state index in [1.165, 1.54) is 24.3 Å². The second-order valence-electron chi connectivity index (χ2n) is 6.52. The summed E-state index contributed by atoms with van der Waals surface area (Å²) in [5, 5.41) is 2.92. The van der Waals surface area contributed by atoms with Gasteiger partial charge in [0.15, 0.2) is 0 Å². The molecule has 0 bridgehead atoms. The van der Waals surface area contributed by atoms with Crippen molar-refractivity contribution in [3.05, 3.63) is 59.9 Å². The van der Waals surface area contributed by atoms with E-state index in [9.17, 15) is 14.0 Å². The van der Waals surface area contributed by atoms with Crippen LogP contribution in [0.4, 0.5) is 10.1 Å². The number of nitrogens with one attached hydrogen (secondary N) is 1. The molecule has 0 radical (unpaired) electrons. The topological polar surface area (TPSA) is 58.6 Å². The van der Waals surface area contributed by atoms with Crippen LogP contribution in [0, 0.1) is 11.7 Å². The van der Waals surface area contributed by atoms with E-state index in [1.807, 2.05) is 25.1 Å². The number of rotatable bonds is 5. The Hall–Kier alpha value is -2.89. The van der Waals surface area contributed by atoms with Gasteiger partial charge in [0.2, 0.25) is 5.91 Å². The summed E-state index contributed by atoms with van der Waals surface area (Å²) in [5.74, 6) is -0.349. The van der Waals surface area contributed by atoms with E-state index in [0.717, 1.165) is 12.8 Å². The highest BCUT2D eigenvalue weighted by Gasteiger charge is 2.29. The lowest BCUT2D eigenvalue weighted by Gasteiger charge is -2.32. The van der Waals surface area contributed by atoms with Gasteiger partial charge in [-0.15, -0.1) is 0 Å². The number of likely N-dealkylation sites (tertiary alicyclic amines) is 1. The van der Waals surface area contributed by atoms with Crippen molar-refractivity contribution in [2.24, 2.45) is 5.92 Å². The number of para-hydroxylation sites is 2. The monoisotopic (exact) mass is 370 g/mol. The lowest BCUT2D eigenvalue weighted by molar-refractivity contribution is -0.121. The number of amides is 2. The molecule has 1 N–H and O–H groups in total. The van der Waals surface area contributed by atoms with Crippen LogP contribution in [0.1, 0.15) is 30.1 Å². The smallest absolute Gasteiger partial charge is 0.253 e. The number of piperidine rings is 1. The fourth-order valence-corrected chi connectivity index (χ4v) is 3.24. The highest BCUT2D eigenvalue weighted by atomic mass is 19.1. The Labute approximate surface area is 158 Å². The molecule has 1 aliphatic rings. The van der Waals surface area contributed by atoms with E-state index in [-0.39, 0.29) is 23.5 Å². The number of ether oxygens (including phenoxy) is 1. The van der Waals surface area contributed by atoms with E-state index in [2.05, 4.69) is 5.32 Å². The molecule has 1 heterocycles. The van der Waals surface area contributed by atoms with Crippen LogP contribution in [0.3, 0.4) is 0 Å². The van der Waals surface area contributed by atoms with Gasteiger partial charge in [-0.2, -0.15) is 0 Å². The Morgan fingerprint density at radius 2 is 1.93 bits per heavy atom. The fraction of sp³-hybridized carbons (Fsp3) is 0.333. The second-order valence-corrected chi connectivity index (χ2v) is 6.52. The minimum Gasteiger partial charge on any atom is -0.492 e. The van der Waals surface area contributed by atoms with Crippen molar-refractivity contribution in [3.8, 4) is 5.75 Å². The summed E-state index contributed by atoms with van der Waals surface area (Å²) < 4.78 is 18.6. The minimum atomic E-state index is -0.379. The summed E-state index contributed by atoms with van der Waals surface area (Å²) >= 11 is 0. The molecule has 0 aromatic heterocycles. The third kappa shape index (κ3) is 4.64. The third-order valence-electron chi connectivity index (χ3n) is 4.62. The van der Waals surface area contributed by atoms with E-state index in [1.54, 1.807) is 11.0 Å². The molecule has 2 amide bonds. The Morgan fingerprint density at radius 1 is 1.19 bits per heavy atom. The van der Waals surface area contributed by atoms with E-state index < -0.39 is 0 Å². The maximum Gasteiger partial charge on any atom is 0.253 e. The normalized spacial score (nSPS) is 16.7. The van der Waals surface area contributed by atoms with Crippen molar-refractivity contribution in [2.75, 3.05) is 25.0 Å². The fourth-order valence-electron chi connectivity index (χ4n) is 3.24. The zero-order chi connectivity index (χ0) is 19.2. The molecule has 142 valence electrons. The zero-order valence-electron chi connectivity index (χ0n) is 15.3. The Bertz CT molecular complexity index is 807. The van der Waals surface area contributed by atoms with Crippen LogP contribution in [0.15, 0.2) is 48.5 Å². The van der Waals surface area contributed by atoms with Crippen LogP contribution in [-0.2, 0) is 4.79 Å². The van der Waals surface area contributed by atoms with Gasteiger partial charge in [-0.25, -0.2) is 4.39 Å². The number of carbonyl (C=O) groups excluding carboxylic acids is 2. The van der Waals surface area contributed by atoms with E-state index in [0.29, 0.717) is 36.7 Å². The van der Waals surface area contributed by atoms with Crippen LogP contribution in [0.5, 0.6) is 5.75 Å². The molecule has 3 rings (SSSR count). The summed E-state index contributed by atoms with van der Waals surface area (Å²) in [5.41, 5.74) is 1.06. The first-order chi connectivity index (χ1) is 13.1. The van der Waals surface area contributed by atoms with Crippen LogP contribution in [0.2, 0.25) is 0 Å². The average Bonchev–Trinajstić information content (AvgIpc) is 2.70. The van der Waals surface area contributed by atoms with Crippen LogP contribution < -0.4 is 10.1 Å². The quantitative estimate of drug-likeness (QED) is 0.873. The maximum absolute atomic E-state index is 13.1. The van der Waals surface area contributed by atoms with Crippen molar-refractivity contribution in [1.82, 2.24) is 4.90 Å². The van der Waals surface area contributed by atoms with Crippen LogP contribution in [-0.4, -0.2) is 36.4 Å². The first-order valence-electron chi connectivity index (χ1n) is 9.16. The van der Waals surface area contributed by atoms with Gasteiger partial charge in [0.25, 0.3) is 5.91 Å². The molecule has 0 unspecified atom stereocenters. The van der Waals surface area contributed by atoms with Gasteiger partial charge in [-0.05, 0) is 56.2 Å². The second kappa shape index (κ2) is 8.66. The number of hydrogen-bond acceptors (Lipinski definition) is 3. The Kier molecular flexibility index (Phi) is 6.06. The molecule has 2 aromatic carbocycles. The number of carbonyl (C=O) groups is 2. The van der Waals surface area contributed by atoms with Crippen LogP contribution in [0.25, 0.3) is 0 Å².